The minimum Gasteiger partial charge on any atom is -0.354 e. The normalized spacial score (nSPS) is 16.5. The highest BCUT2D eigenvalue weighted by Crippen LogP contribution is 2.21. The third kappa shape index (κ3) is 1.82. The first-order valence-electron chi connectivity index (χ1n) is 5.53. The number of fused-ring (bicyclic) bond motifs is 1. The lowest BCUT2D eigenvalue weighted by molar-refractivity contribution is -0.119. The fourth-order valence-corrected chi connectivity index (χ4v) is 1.98. The van der Waals surface area contributed by atoms with Crippen molar-refractivity contribution in [1.82, 2.24) is 19.9 Å². The Bertz CT molecular complexity index is 555. The predicted octanol–water partition coefficient (Wildman–Crippen LogP) is 0.589. The number of anilines is 1. The molecule has 0 unspecified atom stereocenters. The minimum absolute atomic E-state index is 0.311. The summed E-state index contributed by atoms with van der Waals surface area (Å²) in [6.07, 6.45) is 5.88. The van der Waals surface area contributed by atoms with Crippen molar-refractivity contribution in [1.29, 1.82) is 0 Å². The molecule has 0 amide bonds. The van der Waals surface area contributed by atoms with Crippen LogP contribution in [0.25, 0.3) is 11.2 Å². The van der Waals surface area contributed by atoms with E-state index in [-0.39, 0.29) is 0 Å². The summed E-state index contributed by atoms with van der Waals surface area (Å²) in [6, 6.07) is 0. The van der Waals surface area contributed by atoms with Gasteiger partial charge in [0.25, 0.3) is 0 Å². The summed E-state index contributed by atoms with van der Waals surface area (Å²) in [7, 11) is 0. The van der Waals surface area contributed by atoms with E-state index < -0.39 is 0 Å². The van der Waals surface area contributed by atoms with Crippen molar-refractivity contribution in [2.24, 2.45) is 0 Å². The summed E-state index contributed by atoms with van der Waals surface area (Å²) in [5.41, 5.74) is 1.29. The van der Waals surface area contributed by atoms with Gasteiger partial charge < -0.3 is 4.90 Å². The molecule has 1 aliphatic heterocycles. The number of piperidine rings is 1. The van der Waals surface area contributed by atoms with E-state index in [0.717, 1.165) is 5.82 Å². The van der Waals surface area contributed by atoms with Gasteiger partial charge in [-0.25, -0.2) is 19.9 Å². The Morgan fingerprint density at radius 3 is 2.59 bits per heavy atom. The molecule has 3 rings (SSSR count). The van der Waals surface area contributed by atoms with E-state index in [4.69, 9.17) is 0 Å². The van der Waals surface area contributed by atoms with Gasteiger partial charge in [-0.15, -0.1) is 0 Å². The summed E-state index contributed by atoms with van der Waals surface area (Å²) in [6.45, 7) is 1.39. The Hall–Kier alpha value is -2.11. The molecule has 6 heteroatoms. The highest BCUT2D eigenvalue weighted by atomic mass is 16.1. The predicted molar refractivity (Wildman–Crippen MR) is 61.6 cm³/mol. The van der Waals surface area contributed by atoms with Crippen LogP contribution in [0, 0.1) is 0 Å². The zero-order valence-corrected chi connectivity index (χ0v) is 9.20. The number of hydrogen-bond acceptors (Lipinski definition) is 6. The molecule has 6 nitrogen and oxygen atoms in total. The van der Waals surface area contributed by atoms with Crippen LogP contribution in [0.1, 0.15) is 12.8 Å². The molecule has 0 aromatic carbocycles. The van der Waals surface area contributed by atoms with Crippen LogP contribution >= 0.6 is 0 Å². The van der Waals surface area contributed by atoms with Gasteiger partial charge in [-0.1, -0.05) is 0 Å². The Morgan fingerprint density at radius 2 is 1.76 bits per heavy atom. The highest BCUT2D eigenvalue weighted by molar-refractivity contribution is 5.85. The zero-order valence-electron chi connectivity index (χ0n) is 9.20. The summed E-state index contributed by atoms with van der Waals surface area (Å²) in [5.74, 6) is 1.08. The van der Waals surface area contributed by atoms with E-state index >= 15 is 0 Å². The van der Waals surface area contributed by atoms with E-state index in [9.17, 15) is 4.79 Å². The van der Waals surface area contributed by atoms with Crippen LogP contribution in [0.4, 0.5) is 5.82 Å². The van der Waals surface area contributed by atoms with Gasteiger partial charge in [-0.05, 0) is 0 Å². The van der Waals surface area contributed by atoms with E-state index in [1.54, 1.807) is 12.4 Å². The molecule has 0 N–H and O–H groups in total. The van der Waals surface area contributed by atoms with E-state index in [2.05, 4.69) is 24.8 Å². The lowest BCUT2D eigenvalue weighted by Crippen LogP contribution is -2.34. The Balaban J connectivity index is 2.02. The molecular weight excluding hydrogens is 218 g/mol. The van der Waals surface area contributed by atoms with Crippen LogP contribution in [0.3, 0.4) is 0 Å². The minimum atomic E-state index is 0.311. The second-order valence-electron chi connectivity index (χ2n) is 3.95. The highest BCUT2D eigenvalue weighted by Gasteiger charge is 2.20. The lowest BCUT2D eigenvalue weighted by Gasteiger charge is -2.27. The van der Waals surface area contributed by atoms with Crippen LogP contribution in [0.15, 0.2) is 18.7 Å². The van der Waals surface area contributed by atoms with Crippen LogP contribution in [0.2, 0.25) is 0 Å². The molecule has 0 spiro atoms. The topological polar surface area (TPSA) is 71.9 Å². The van der Waals surface area contributed by atoms with E-state index in [1.165, 1.54) is 6.33 Å². The number of ketones is 1. The van der Waals surface area contributed by atoms with Crippen molar-refractivity contribution in [2.75, 3.05) is 18.0 Å². The number of aromatic nitrogens is 4. The van der Waals surface area contributed by atoms with Crippen LogP contribution in [-0.4, -0.2) is 38.8 Å². The molecular formula is C11H11N5O. The molecule has 3 heterocycles. The summed E-state index contributed by atoms with van der Waals surface area (Å²) < 4.78 is 0. The fourth-order valence-electron chi connectivity index (χ4n) is 1.98. The van der Waals surface area contributed by atoms with Gasteiger partial charge in [0.1, 0.15) is 12.1 Å². The van der Waals surface area contributed by atoms with Gasteiger partial charge in [0.05, 0.1) is 0 Å². The number of Topliss-reactive ketones (excluding diaryl/α,β-unsaturated/α-hetero) is 1. The first-order valence-corrected chi connectivity index (χ1v) is 5.53. The molecule has 0 atom stereocenters. The third-order valence-electron chi connectivity index (χ3n) is 2.87. The molecule has 17 heavy (non-hydrogen) atoms. The SMILES string of the molecule is O=C1CCN(c2ncnc3nccnc23)CC1. The average molecular weight is 229 g/mol. The molecule has 2 aromatic rings. The Labute approximate surface area is 97.7 Å². The fraction of sp³-hybridized carbons (Fsp3) is 0.364. The number of hydrogen-bond donors (Lipinski definition) is 0. The van der Waals surface area contributed by atoms with Crippen molar-refractivity contribution in [3.05, 3.63) is 18.7 Å². The molecule has 2 aromatic heterocycles. The van der Waals surface area contributed by atoms with E-state index in [0.29, 0.717) is 42.9 Å². The number of carbonyl (C=O) groups excluding carboxylic acids is 1. The van der Waals surface area contributed by atoms with Crippen molar-refractivity contribution >= 4 is 22.8 Å². The lowest BCUT2D eigenvalue weighted by atomic mass is 10.1. The monoisotopic (exact) mass is 229 g/mol. The third-order valence-corrected chi connectivity index (χ3v) is 2.87. The summed E-state index contributed by atoms with van der Waals surface area (Å²) in [4.78, 5) is 30.0. The van der Waals surface area contributed by atoms with Gasteiger partial charge in [0.15, 0.2) is 17.0 Å². The number of nitrogens with zero attached hydrogens (tertiary/aromatic N) is 5. The van der Waals surface area contributed by atoms with Gasteiger partial charge >= 0.3 is 0 Å². The molecule has 0 bridgehead atoms. The molecule has 0 saturated carbocycles. The number of rotatable bonds is 1. The smallest absolute Gasteiger partial charge is 0.183 e. The first-order chi connectivity index (χ1) is 8.34. The Kier molecular flexibility index (Phi) is 2.40. The summed E-state index contributed by atoms with van der Waals surface area (Å²) in [5, 5.41) is 0. The van der Waals surface area contributed by atoms with Crippen LogP contribution in [-0.2, 0) is 4.79 Å². The first kappa shape index (κ1) is 10.1. The van der Waals surface area contributed by atoms with Gasteiger partial charge in [0.2, 0.25) is 0 Å². The Morgan fingerprint density at radius 1 is 1.00 bits per heavy atom. The second-order valence-corrected chi connectivity index (χ2v) is 3.95. The van der Waals surface area contributed by atoms with Crippen molar-refractivity contribution in [2.45, 2.75) is 12.8 Å². The standard InChI is InChI=1S/C11H11N5O/c17-8-1-5-16(6-2-8)11-9-10(14-7-15-11)13-4-3-12-9/h3-4,7H,1-2,5-6H2. The largest absolute Gasteiger partial charge is 0.354 e. The summed E-state index contributed by atoms with van der Waals surface area (Å²) >= 11 is 0. The number of carbonyl (C=O) groups is 1. The molecule has 86 valence electrons. The zero-order chi connectivity index (χ0) is 11.7. The quantitative estimate of drug-likeness (QED) is 0.712. The molecule has 0 radical (unpaired) electrons. The molecule has 1 saturated heterocycles. The maximum atomic E-state index is 11.2. The second kappa shape index (κ2) is 4.04. The molecule has 1 aliphatic rings. The van der Waals surface area contributed by atoms with Crippen molar-refractivity contribution < 1.29 is 4.79 Å². The van der Waals surface area contributed by atoms with Crippen molar-refractivity contribution in [3.8, 4) is 0 Å². The van der Waals surface area contributed by atoms with Gasteiger partial charge in [-0.3, -0.25) is 4.79 Å². The maximum absolute atomic E-state index is 11.2. The van der Waals surface area contributed by atoms with Crippen LogP contribution in [0.5, 0.6) is 0 Å². The molecule has 0 aliphatic carbocycles. The van der Waals surface area contributed by atoms with E-state index in [1.807, 2.05) is 0 Å². The molecule has 1 fully saturated rings. The maximum Gasteiger partial charge on any atom is 0.183 e. The van der Waals surface area contributed by atoms with Crippen LogP contribution < -0.4 is 4.90 Å². The van der Waals surface area contributed by atoms with Crippen molar-refractivity contribution in [3.63, 3.8) is 0 Å². The average Bonchev–Trinajstić information content (AvgIpc) is 2.39. The van der Waals surface area contributed by atoms with Gasteiger partial charge in [-0.2, -0.15) is 0 Å². The van der Waals surface area contributed by atoms with Gasteiger partial charge in [0, 0.05) is 38.3 Å².